The van der Waals surface area contributed by atoms with E-state index in [1.165, 1.54) is 0 Å². The van der Waals surface area contributed by atoms with Crippen molar-refractivity contribution in [1.82, 2.24) is 10.6 Å². The van der Waals surface area contributed by atoms with Crippen LogP contribution in [0.15, 0.2) is 45.8 Å². The van der Waals surface area contributed by atoms with Gasteiger partial charge in [-0.05, 0) is 52.0 Å². The summed E-state index contributed by atoms with van der Waals surface area (Å²) < 4.78 is 16.7. The molecule has 0 aliphatic rings. The molecule has 3 N–H and O–H groups in total. The van der Waals surface area contributed by atoms with Crippen LogP contribution >= 0.6 is 0 Å². The van der Waals surface area contributed by atoms with Crippen molar-refractivity contribution in [3.8, 4) is 11.5 Å². The summed E-state index contributed by atoms with van der Waals surface area (Å²) in [5.41, 5.74) is -1.18. The lowest BCUT2D eigenvalue weighted by atomic mass is 10.0. The summed E-state index contributed by atoms with van der Waals surface area (Å²) in [4.78, 5) is 4.49. The van der Waals surface area contributed by atoms with Crippen LogP contribution in [-0.2, 0) is 5.60 Å². The fourth-order valence-corrected chi connectivity index (χ4v) is 2.57. The van der Waals surface area contributed by atoms with E-state index in [1.54, 1.807) is 20.1 Å². The number of aryl methyl sites for hydroxylation is 1. The summed E-state index contributed by atoms with van der Waals surface area (Å²) in [6.45, 7) is 8.91. The zero-order chi connectivity index (χ0) is 20.6. The molecule has 2 rings (SSSR count). The molecule has 0 radical (unpaired) electrons. The lowest BCUT2D eigenvalue weighted by molar-refractivity contribution is 0.0428. The van der Waals surface area contributed by atoms with Crippen molar-refractivity contribution in [1.29, 1.82) is 0 Å². The van der Waals surface area contributed by atoms with Gasteiger partial charge in [0.1, 0.15) is 34.7 Å². The molecule has 0 bridgehead atoms. The molecule has 1 aromatic carbocycles. The van der Waals surface area contributed by atoms with E-state index < -0.39 is 5.60 Å². The number of nitrogens with zero attached hydrogens (tertiary/aromatic N) is 1. The third-order valence-corrected chi connectivity index (χ3v) is 4.10. The minimum atomic E-state index is -1.18. The van der Waals surface area contributed by atoms with Crippen molar-refractivity contribution in [3.63, 3.8) is 0 Å². The molecule has 0 amide bonds. The van der Waals surface area contributed by atoms with Crippen molar-refractivity contribution in [2.24, 2.45) is 4.99 Å². The fourth-order valence-electron chi connectivity index (χ4n) is 2.57. The van der Waals surface area contributed by atoms with Gasteiger partial charge in [0.2, 0.25) is 0 Å². The van der Waals surface area contributed by atoms with Gasteiger partial charge in [-0.25, -0.2) is 4.99 Å². The Balaban J connectivity index is 1.93. The Kier molecular flexibility index (Phi) is 7.75. The minimum absolute atomic E-state index is 0.0933. The van der Waals surface area contributed by atoms with Gasteiger partial charge in [0.25, 0.3) is 0 Å². The Morgan fingerprint density at radius 1 is 1.25 bits per heavy atom. The quantitative estimate of drug-likeness (QED) is 0.451. The first-order valence-corrected chi connectivity index (χ1v) is 9.46. The number of hydrogen-bond acceptors (Lipinski definition) is 5. The average molecular weight is 389 g/mol. The average Bonchev–Trinajstić information content (AvgIpc) is 3.11. The van der Waals surface area contributed by atoms with Crippen LogP contribution in [0.1, 0.15) is 32.3 Å². The number of rotatable bonds is 9. The zero-order valence-corrected chi connectivity index (χ0v) is 17.3. The molecule has 0 saturated carbocycles. The first-order valence-electron chi connectivity index (χ1n) is 9.46. The highest BCUT2D eigenvalue weighted by Gasteiger charge is 2.26. The first kappa shape index (κ1) is 21.6. The van der Waals surface area contributed by atoms with Crippen LogP contribution in [0.2, 0.25) is 0 Å². The number of methoxy groups -OCH3 is 1. The van der Waals surface area contributed by atoms with Crippen molar-refractivity contribution in [2.75, 3.05) is 26.7 Å². The number of ether oxygens (including phenoxy) is 2. The summed E-state index contributed by atoms with van der Waals surface area (Å²) in [6, 6.07) is 11.1. The minimum Gasteiger partial charge on any atom is -0.497 e. The molecule has 2 unspecified atom stereocenters. The molecule has 7 nitrogen and oxygen atoms in total. The maximum absolute atomic E-state index is 10.6. The van der Waals surface area contributed by atoms with E-state index in [0.29, 0.717) is 24.8 Å². The van der Waals surface area contributed by atoms with Crippen LogP contribution in [0.5, 0.6) is 11.5 Å². The van der Waals surface area contributed by atoms with Gasteiger partial charge in [-0.1, -0.05) is 6.07 Å². The molecule has 0 fully saturated rings. The molecule has 1 heterocycles. The van der Waals surface area contributed by atoms with E-state index in [0.717, 1.165) is 17.3 Å². The summed E-state index contributed by atoms with van der Waals surface area (Å²) in [6.07, 6.45) is -0.0933. The third-order valence-electron chi connectivity index (χ3n) is 4.10. The van der Waals surface area contributed by atoms with Gasteiger partial charge in [0.05, 0.1) is 20.2 Å². The number of benzene rings is 1. The molecule has 0 spiro atoms. The number of aliphatic hydroxyl groups is 1. The Bertz CT molecular complexity index is 771. The Morgan fingerprint density at radius 2 is 2.00 bits per heavy atom. The van der Waals surface area contributed by atoms with Gasteiger partial charge in [0, 0.05) is 12.6 Å². The molecule has 7 heteroatoms. The van der Waals surface area contributed by atoms with E-state index >= 15 is 0 Å². The maximum Gasteiger partial charge on any atom is 0.191 e. The van der Waals surface area contributed by atoms with Gasteiger partial charge in [-0.2, -0.15) is 0 Å². The summed E-state index contributed by atoms with van der Waals surface area (Å²) in [5.74, 6) is 3.36. The molecule has 0 aliphatic heterocycles. The van der Waals surface area contributed by atoms with Gasteiger partial charge in [-0.15, -0.1) is 0 Å². The molecular weight excluding hydrogens is 358 g/mol. The Morgan fingerprint density at radius 3 is 2.64 bits per heavy atom. The summed E-state index contributed by atoms with van der Waals surface area (Å²) >= 11 is 0. The molecule has 28 heavy (non-hydrogen) atoms. The monoisotopic (exact) mass is 389 g/mol. The SMILES string of the molecule is CCNC(=NCC(C)(O)c1ccc(C)o1)NCC(C)Oc1cccc(OC)c1. The number of hydrogen-bond donors (Lipinski definition) is 3. The second-order valence-electron chi connectivity index (χ2n) is 6.87. The summed E-state index contributed by atoms with van der Waals surface area (Å²) in [7, 11) is 1.63. The molecule has 0 saturated heterocycles. The Hall–Kier alpha value is -2.67. The van der Waals surface area contributed by atoms with E-state index in [9.17, 15) is 5.11 Å². The predicted octanol–water partition coefficient (Wildman–Crippen LogP) is 2.83. The van der Waals surface area contributed by atoms with E-state index in [2.05, 4.69) is 15.6 Å². The Labute approximate surface area is 166 Å². The maximum atomic E-state index is 10.6. The first-order chi connectivity index (χ1) is 13.3. The van der Waals surface area contributed by atoms with E-state index in [-0.39, 0.29) is 12.6 Å². The standard InChI is InChI=1S/C21H31N3O4/c1-6-22-20(24-14-21(4,25)19-11-10-15(2)28-19)23-13-16(3)27-18-9-7-8-17(12-18)26-5/h7-12,16,25H,6,13-14H2,1-5H3,(H2,22,23,24). The van der Waals surface area contributed by atoms with Crippen LogP contribution < -0.4 is 20.1 Å². The van der Waals surface area contributed by atoms with E-state index in [1.807, 2.05) is 51.1 Å². The molecular formula is C21H31N3O4. The van der Waals surface area contributed by atoms with Crippen LogP contribution in [0.4, 0.5) is 0 Å². The van der Waals surface area contributed by atoms with Crippen LogP contribution in [0, 0.1) is 6.92 Å². The van der Waals surface area contributed by atoms with Crippen LogP contribution in [-0.4, -0.2) is 43.9 Å². The molecule has 2 aromatic rings. The van der Waals surface area contributed by atoms with Crippen molar-refractivity contribution in [2.45, 2.75) is 39.4 Å². The van der Waals surface area contributed by atoms with Gasteiger partial charge in [0.15, 0.2) is 5.96 Å². The number of nitrogens with one attached hydrogen (secondary N) is 2. The highest BCUT2D eigenvalue weighted by Crippen LogP contribution is 2.23. The fraction of sp³-hybridized carbons (Fsp3) is 0.476. The lowest BCUT2D eigenvalue weighted by Gasteiger charge is -2.21. The molecule has 1 aromatic heterocycles. The lowest BCUT2D eigenvalue weighted by Crippen LogP contribution is -2.42. The summed E-state index contributed by atoms with van der Waals surface area (Å²) in [5, 5.41) is 17.1. The van der Waals surface area contributed by atoms with E-state index in [4.69, 9.17) is 13.9 Å². The van der Waals surface area contributed by atoms with Gasteiger partial charge >= 0.3 is 0 Å². The zero-order valence-electron chi connectivity index (χ0n) is 17.3. The van der Waals surface area contributed by atoms with Crippen LogP contribution in [0.3, 0.4) is 0 Å². The van der Waals surface area contributed by atoms with Crippen molar-refractivity contribution >= 4 is 5.96 Å². The third kappa shape index (κ3) is 6.49. The number of aliphatic imine (C=N–C) groups is 1. The number of furan rings is 1. The smallest absolute Gasteiger partial charge is 0.191 e. The second kappa shape index (κ2) is 10.0. The second-order valence-corrected chi connectivity index (χ2v) is 6.87. The van der Waals surface area contributed by atoms with Gasteiger partial charge < -0.3 is 29.6 Å². The molecule has 154 valence electrons. The van der Waals surface area contributed by atoms with Crippen molar-refractivity contribution in [3.05, 3.63) is 47.9 Å². The number of guanidine groups is 1. The molecule has 2 atom stereocenters. The largest absolute Gasteiger partial charge is 0.497 e. The highest BCUT2D eigenvalue weighted by atomic mass is 16.5. The van der Waals surface area contributed by atoms with Crippen LogP contribution in [0.25, 0.3) is 0 Å². The van der Waals surface area contributed by atoms with Gasteiger partial charge in [-0.3, -0.25) is 0 Å². The normalized spacial score (nSPS) is 14.9. The predicted molar refractivity (Wildman–Crippen MR) is 110 cm³/mol. The topological polar surface area (TPSA) is 88.3 Å². The highest BCUT2D eigenvalue weighted by molar-refractivity contribution is 5.79. The van der Waals surface area contributed by atoms with Crippen molar-refractivity contribution < 1.29 is 19.0 Å². The molecule has 0 aliphatic carbocycles.